The molecule has 3 aromatic carbocycles. The lowest BCUT2D eigenvalue weighted by molar-refractivity contribution is 0.0282. The molecule has 1 N–H and O–H groups in total. The van der Waals surface area contributed by atoms with Crippen molar-refractivity contribution >= 4 is 23.2 Å². The molecule has 0 aliphatic rings. The average molecular weight is 430 g/mol. The van der Waals surface area contributed by atoms with Crippen LogP contribution in [0.2, 0.25) is 0 Å². The molecule has 0 spiro atoms. The molecule has 0 unspecified atom stereocenters. The van der Waals surface area contributed by atoms with Gasteiger partial charge >= 0.3 is 0 Å². The van der Waals surface area contributed by atoms with Crippen LogP contribution in [0.3, 0.4) is 0 Å². The summed E-state index contributed by atoms with van der Waals surface area (Å²) < 4.78 is 11.8. The van der Waals surface area contributed by atoms with Crippen LogP contribution in [-0.4, -0.2) is 49.5 Å². The molecule has 0 bridgehead atoms. The highest BCUT2D eigenvalue weighted by atomic mass is 35.5. The number of rotatable bonds is 9. The lowest BCUT2D eigenvalue weighted by Gasteiger charge is -2.20. The Morgan fingerprint density at radius 1 is 0.900 bits per heavy atom. The maximum absolute atomic E-state index is 10.1. The van der Waals surface area contributed by atoms with E-state index in [0.717, 1.165) is 30.0 Å². The first kappa shape index (κ1) is 24.0. The zero-order valence-corrected chi connectivity index (χ0v) is 19.0. The standard InChI is InChI=1S/C25H31NO3.ClH/c1-25(2,27)18-29-24-14-11-20-7-5-6-8-22(20)23(24)17-19-9-12-21(13-10-19)28-16-15-26(3)4;/h5-14,27H,15-18H2,1-4H3;1H. The predicted molar refractivity (Wildman–Crippen MR) is 126 cm³/mol. The molecule has 0 atom stereocenters. The highest BCUT2D eigenvalue weighted by Crippen LogP contribution is 2.31. The summed E-state index contributed by atoms with van der Waals surface area (Å²) in [7, 11) is 4.07. The third kappa shape index (κ3) is 6.91. The highest BCUT2D eigenvalue weighted by Gasteiger charge is 2.16. The van der Waals surface area contributed by atoms with Gasteiger partial charge in [0, 0.05) is 18.5 Å². The summed E-state index contributed by atoms with van der Waals surface area (Å²) in [5.41, 5.74) is 1.44. The van der Waals surface area contributed by atoms with Crippen molar-refractivity contribution in [1.29, 1.82) is 0 Å². The maximum atomic E-state index is 10.1. The van der Waals surface area contributed by atoms with E-state index in [1.54, 1.807) is 13.8 Å². The van der Waals surface area contributed by atoms with Crippen LogP contribution in [-0.2, 0) is 6.42 Å². The van der Waals surface area contributed by atoms with Gasteiger partial charge in [0.15, 0.2) is 0 Å². The van der Waals surface area contributed by atoms with Gasteiger partial charge < -0.3 is 19.5 Å². The van der Waals surface area contributed by atoms with Gasteiger partial charge in [-0.05, 0) is 62.5 Å². The predicted octanol–water partition coefficient (Wildman–Crippen LogP) is 4.94. The smallest absolute Gasteiger partial charge is 0.123 e. The monoisotopic (exact) mass is 429 g/mol. The molecule has 0 saturated carbocycles. The summed E-state index contributed by atoms with van der Waals surface area (Å²) in [6.45, 7) is 5.31. The van der Waals surface area contributed by atoms with Crippen molar-refractivity contribution < 1.29 is 14.6 Å². The first-order valence-electron chi connectivity index (χ1n) is 10.0. The SMILES string of the molecule is CN(C)CCOc1ccc(Cc2c(OCC(C)(C)O)ccc3ccccc23)cc1.Cl. The number of halogens is 1. The van der Waals surface area contributed by atoms with E-state index in [0.29, 0.717) is 6.61 Å². The molecule has 5 heteroatoms. The van der Waals surface area contributed by atoms with Crippen molar-refractivity contribution in [2.45, 2.75) is 25.9 Å². The molecule has 3 rings (SSSR count). The van der Waals surface area contributed by atoms with E-state index < -0.39 is 5.60 Å². The maximum Gasteiger partial charge on any atom is 0.123 e. The Morgan fingerprint density at radius 2 is 1.60 bits per heavy atom. The fraction of sp³-hybridized carbons (Fsp3) is 0.360. The Labute approximate surface area is 185 Å². The number of hydrogen-bond donors (Lipinski definition) is 1. The zero-order chi connectivity index (χ0) is 20.9. The molecule has 0 amide bonds. The Morgan fingerprint density at radius 3 is 2.27 bits per heavy atom. The van der Waals surface area contributed by atoms with Crippen LogP contribution in [0.15, 0.2) is 60.7 Å². The quantitative estimate of drug-likeness (QED) is 0.523. The molecule has 0 saturated heterocycles. The van der Waals surface area contributed by atoms with Crippen molar-refractivity contribution in [3.63, 3.8) is 0 Å². The molecule has 0 fully saturated rings. The van der Waals surface area contributed by atoms with Crippen molar-refractivity contribution in [2.24, 2.45) is 0 Å². The molecule has 4 nitrogen and oxygen atoms in total. The van der Waals surface area contributed by atoms with Gasteiger partial charge in [0.1, 0.15) is 24.7 Å². The molecule has 0 aliphatic carbocycles. The lowest BCUT2D eigenvalue weighted by Crippen LogP contribution is -2.28. The second-order valence-corrected chi connectivity index (χ2v) is 8.34. The van der Waals surface area contributed by atoms with Crippen LogP contribution in [0.25, 0.3) is 10.8 Å². The van der Waals surface area contributed by atoms with Gasteiger partial charge in [-0.15, -0.1) is 12.4 Å². The van der Waals surface area contributed by atoms with E-state index >= 15 is 0 Å². The van der Waals surface area contributed by atoms with Crippen molar-refractivity contribution in [2.75, 3.05) is 33.9 Å². The Balaban J connectivity index is 0.00000320. The number of nitrogens with zero attached hydrogens (tertiary/aromatic N) is 1. The van der Waals surface area contributed by atoms with Gasteiger partial charge in [-0.2, -0.15) is 0 Å². The van der Waals surface area contributed by atoms with Crippen molar-refractivity contribution in [1.82, 2.24) is 4.90 Å². The van der Waals surface area contributed by atoms with Gasteiger partial charge in [-0.3, -0.25) is 0 Å². The highest BCUT2D eigenvalue weighted by molar-refractivity contribution is 5.88. The Hall–Kier alpha value is -2.27. The molecule has 30 heavy (non-hydrogen) atoms. The van der Waals surface area contributed by atoms with Crippen LogP contribution >= 0.6 is 12.4 Å². The second kappa shape index (κ2) is 10.7. The van der Waals surface area contributed by atoms with Gasteiger partial charge in [-0.1, -0.05) is 42.5 Å². The number of aliphatic hydroxyl groups is 1. The van der Waals surface area contributed by atoms with E-state index in [1.807, 2.05) is 44.4 Å². The minimum Gasteiger partial charge on any atom is -0.492 e. The first-order valence-corrected chi connectivity index (χ1v) is 10.0. The minimum absolute atomic E-state index is 0. The molecule has 3 aromatic rings. The summed E-state index contributed by atoms with van der Waals surface area (Å²) >= 11 is 0. The topological polar surface area (TPSA) is 41.9 Å². The van der Waals surface area contributed by atoms with E-state index in [9.17, 15) is 5.11 Å². The summed E-state index contributed by atoms with van der Waals surface area (Å²) in [5, 5.41) is 12.4. The largest absolute Gasteiger partial charge is 0.492 e. The van der Waals surface area contributed by atoms with Crippen LogP contribution in [0.4, 0.5) is 0 Å². The molecule has 162 valence electrons. The first-order chi connectivity index (χ1) is 13.8. The molecule has 0 aromatic heterocycles. The summed E-state index contributed by atoms with van der Waals surface area (Å²) in [6, 6.07) is 20.7. The number of hydrogen-bond acceptors (Lipinski definition) is 4. The summed E-state index contributed by atoms with van der Waals surface area (Å²) in [5.74, 6) is 1.70. The van der Waals surface area contributed by atoms with E-state index in [1.165, 1.54) is 16.3 Å². The molecule has 0 aliphatic heterocycles. The fourth-order valence-electron chi connectivity index (χ4n) is 3.14. The van der Waals surface area contributed by atoms with E-state index in [-0.39, 0.29) is 19.0 Å². The average Bonchev–Trinajstić information content (AvgIpc) is 2.67. The minimum atomic E-state index is -0.880. The van der Waals surface area contributed by atoms with Gasteiger partial charge in [0.05, 0.1) is 5.60 Å². The number of fused-ring (bicyclic) bond motifs is 1. The van der Waals surface area contributed by atoms with Crippen LogP contribution in [0.5, 0.6) is 11.5 Å². The van der Waals surface area contributed by atoms with Gasteiger partial charge in [0.2, 0.25) is 0 Å². The summed E-state index contributed by atoms with van der Waals surface area (Å²) in [6.07, 6.45) is 0.751. The van der Waals surface area contributed by atoms with Crippen molar-refractivity contribution in [3.8, 4) is 11.5 Å². The number of benzene rings is 3. The second-order valence-electron chi connectivity index (χ2n) is 8.34. The zero-order valence-electron chi connectivity index (χ0n) is 18.2. The summed E-state index contributed by atoms with van der Waals surface area (Å²) in [4.78, 5) is 2.10. The molecular formula is C25H32ClNO3. The third-order valence-electron chi connectivity index (χ3n) is 4.69. The fourth-order valence-corrected chi connectivity index (χ4v) is 3.14. The van der Waals surface area contributed by atoms with Crippen molar-refractivity contribution in [3.05, 3.63) is 71.8 Å². The van der Waals surface area contributed by atoms with Gasteiger partial charge in [-0.25, -0.2) is 0 Å². The lowest BCUT2D eigenvalue weighted by atomic mass is 9.97. The molecular weight excluding hydrogens is 398 g/mol. The Bertz CT molecular complexity index is 933. The van der Waals surface area contributed by atoms with Crippen LogP contribution < -0.4 is 9.47 Å². The normalized spacial score (nSPS) is 11.4. The number of ether oxygens (including phenoxy) is 2. The van der Waals surface area contributed by atoms with Gasteiger partial charge in [0.25, 0.3) is 0 Å². The van der Waals surface area contributed by atoms with E-state index in [2.05, 4.69) is 35.2 Å². The van der Waals surface area contributed by atoms with Crippen LogP contribution in [0.1, 0.15) is 25.0 Å². The molecule has 0 heterocycles. The van der Waals surface area contributed by atoms with E-state index in [4.69, 9.17) is 9.47 Å². The third-order valence-corrected chi connectivity index (χ3v) is 4.69. The molecule has 0 radical (unpaired) electrons. The number of likely N-dealkylation sites (N-methyl/N-ethyl adjacent to an activating group) is 1. The van der Waals surface area contributed by atoms with Crippen LogP contribution in [0, 0.1) is 0 Å². The Kier molecular flexibility index (Phi) is 8.54.